The second kappa shape index (κ2) is 32.2. The van der Waals surface area contributed by atoms with E-state index in [0.29, 0.717) is 6.42 Å². The Hall–Kier alpha value is -1.70. The van der Waals surface area contributed by atoms with Gasteiger partial charge in [0.1, 0.15) is 5.60 Å². The highest BCUT2D eigenvalue weighted by Gasteiger charge is 2.45. The molecule has 0 aromatic carbocycles. The summed E-state index contributed by atoms with van der Waals surface area (Å²) in [7, 11) is 0. The molecule has 0 aliphatic carbocycles. The van der Waals surface area contributed by atoms with Crippen LogP contribution in [-0.4, -0.2) is 40.8 Å². The van der Waals surface area contributed by atoms with E-state index in [0.717, 1.165) is 103 Å². The van der Waals surface area contributed by atoms with Crippen molar-refractivity contribution in [3.05, 3.63) is 0 Å². The quantitative estimate of drug-likeness (QED) is 0.0513. The fourth-order valence-corrected chi connectivity index (χ4v) is 6.73. The molecule has 0 aromatic heterocycles. The van der Waals surface area contributed by atoms with Gasteiger partial charge in [-0.1, -0.05) is 169 Å². The first-order chi connectivity index (χ1) is 23.7. The van der Waals surface area contributed by atoms with Crippen molar-refractivity contribution in [2.75, 3.05) is 6.61 Å². The van der Waals surface area contributed by atoms with E-state index in [9.17, 15) is 24.0 Å². The van der Waals surface area contributed by atoms with Gasteiger partial charge in [-0.3, -0.25) is 9.74 Å². The summed E-state index contributed by atoms with van der Waals surface area (Å²) in [6, 6.07) is 0. The van der Waals surface area contributed by atoms with Crippen LogP contribution >= 0.6 is 0 Å². The number of carbonyl (C=O) groups excluding carboxylic acids is 3. The molecule has 0 rings (SSSR count). The van der Waals surface area contributed by atoms with Crippen LogP contribution in [0.2, 0.25) is 0 Å². The maximum atomic E-state index is 13.7. The number of unbranched alkanes of at least 4 members (excludes halogenated alkanes) is 22. The molecule has 1 N–H and O–H groups in total. The van der Waals surface area contributed by atoms with Gasteiger partial charge in [0, 0.05) is 4.53 Å². The minimum Gasteiger partial charge on any atom is -0.464 e. The van der Waals surface area contributed by atoms with Crippen LogP contribution in [0.5, 0.6) is 0 Å². The SMILES string of the molecule is CCCCCCCCCCCC(CCCCCCCC)(CCCCCCCC)OC(=O)CC(O)(CC(=O)OF)C(=O)OCCCCCCC. The fraction of sp³-hybridized carbons (Fsp3) is 0.927. The summed E-state index contributed by atoms with van der Waals surface area (Å²) in [5, 5.41) is 11.3. The normalized spacial score (nSPS) is 12.9. The Morgan fingerprint density at radius 2 is 0.816 bits per heavy atom. The Kier molecular flexibility index (Phi) is 31.1. The minimum absolute atomic E-state index is 0.0448. The van der Waals surface area contributed by atoms with Gasteiger partial charge in [0.2, 0.25) is 0 Å². The predicted molar refractivity (Wildman–Crippen MR) is 198 cm³/mol. The van der Waals surface area contributed by atoms with Crippen molar-refractivity contribution in [1.82, 2.24) is 0 Å². The summed E-state index contributed by atoms with van der Waals surface area (Å²) in [5.74, 6) is -3.32. The zero-order chi connectivity index (χ0) is 36.5. The van der Waals surface area contributed by atoms with E-state index in [2.05, 4.69) is 32.6 Å². The number of hydrogen-bond donors (Lipinski definition) is 1. The molecule has 49 heavy (non-hydrogen) atoms. The maximum Gasteiger partial charge on any atom is 0.352 e. The molecule has 0 amide bonds. The molecule has 0 aliphatic heterocycles. The van der Waals surface area contributed by atoms with Gasteiger partial charge in [0.05, 0.1) is 19.4 Å². The summed E-state index contributed by atoms with van der Waals surface area (Å²) < 4.78 is 24.4. The van der Waals surface area contributed by atoms with Gasteiger partial charge in [0.15, 0.2) is 5.60 Å². The monoisotopic (exact) mass is 701 g/mol. The molecule has 0 aromatic rings. The van der Waals surface area contributed by atoms with Crippen LogP contribution in [0, 0.1) is 0 Å². The van der Waals surface area contributed by atoms with E-state index < -0.39 is 42.0 Å². The average Bonchev–Trinajstić information content (AvgIpc) is 3.08. The highest BCUT2D eigenvalue weighted by atomic mass is 19.3. The third kappa shape index (κ3) is 25.8. The van der Waals surface area contributed by atoms with Crippen molar-refractivity contribution >= 4 is 17.9 Å². The second-order valence-corrected chi connectivity index (χ2v) is 14.7. The number of carbonyl (C=O) groups is 3. The van der Waals surface area contributed by atoms with Crippen LogP contribution in [0.3, 0.4) is 0 Å². The molecule has 1 atom stereocenters. The van der Waals surface area contributed by atoms with Crippen molar-refractivity contribution in [2.24, 2.45) is 0 Å². The molecule has 290 valence electrons. The second-order valence-electron chi connectivity index (χ2n) is 14.7. The van der Waals surface area contributed by atoms with Gasteiger partial charge >= 0.3 is 17.9 Å². The van der Waals surface area contributed by atoms with Crippen LogP contribution in [0.25, 0.3) is 0 Å². The van der Waals surface area contributed by atoms with Crippen molar-refractivity contribution in [3.8, 4) is 0 Å². The molecule has 7 nitrogen and oxygen atoms in total. The van der Waals surface area contributed by atoms with E-state index >= 15 is 0 Å². The number of ether oxygens (including phenoxy) is 2. The topological polar surface area (TPSA) is 99.1 Å². The molecular weight excluding hydrogens is 623 g/mol. The van der Waals surface area contributed by atoms with E-state index in [4.69, 9.17) is 9.47 Å². The van der Waals surface area contributed by atoms with Crippen molar-refractivity contribution < 1.29 is 38.4 Å². The molecule has 0 saturated carbocycles. The first kappa shape index (κ1) is 47.3. The number of aliphatic hydroxyl groups is 1. The third-order valence-electron chi connectivity index (χ3n) is 9.86. The molecule has 0 saturated heterocycles. The van der Waals surface area contributed by atoms with Gasteiger partial charge < -0.3 is 14.6 Å². The predicted octanol–water partition coefficient (Wildman–Crippen LogP) is 12.1. The molecule has 0 radical (unpaired) electrons. The number of halogens is 1. The van der Waals surface area contributed by atoms with Crippen LogP contribution < -0.4 is 0 Å². The van der Waals surface area contributed by atoms with Crippen LogP contribution in [0.1, 0.15) is 227 Å². The summed E-state index contributed by atoms with van der Waals surface area (Å²) in [4.78, 5) is 41.9. The van der Waals surface area contributed by atoms with E-state index in [1.165, 1.54) is 77.0 Å². The summed E-state index contributed by atoms with van der Waals surface area (Å²) in [6.07, 6.45) is 29.2. The highest BCUT2D eigenvalue weighted by molar-refractivity contribution is 5.90. The van der Waals surface area contributed by atoms with Crippen LogP contribution in [-0.2, 0) is 28.8 Å². The number of rotatable bonds is 36. The largest absolute Gasteiger partial charge is 0.464 e. The van der Waals surface area contributed by atoms with Gasteiger partial charge in [-0.15, -0.1) is 0 Å². The van der Waals surface area contributed by atoms with Crippen molar-refractivity contribution in [1.29, 1.82) is 0 Å². The first-order valence-corrected chi connectivity index (χ1v) is 20.6. The third-order valence-corrected chi connectivity index (χ3v) is 9.86. The smallest absolute Gasteiger partial charge is 0.352 e. The lowest BCUT2D eigenvalue weighted by Crippen LogP contribution is -2.46. The van der Waals surface area contributed by atoms with Gasteiger partial charge in [-0.2, -0.15) is 0 Å². The summed E-state index contributed by atoms with van der Waals surface area (Å²) >= 11 is 0. The van der Waals surface area contributed by atoms with Crippen molar-refractivity contribution in [3.63, 3.8) is 0 Å². The molecule has 8 heteroatoms. The lowest BCUT2D eigenvalue weighted by Gasteiger charge is -2.35. The zero-order valence-electron chi connectivity index (χ0n) is 32.4. The Labute approximate surface area is 300 Å². The Bertz CT molecular complexity index is 789. The molecule has 0 heterocycles. The van der Waals surface area contributed by atoms with Gasteiger partial charge in [-0.05, 0) is 44.9 Å². The molecule has 0 fully saturated rings. The first-order valence-electron chi connectivity index (χ1n) is 20.6. The lowest BCUT2D eigenvalue weighted by atomic mass is 9.84. The summed E-state index contributed by atoms with van der Waals surface area (Å²) in [5.41, 5.74) is -3.27. The molecule has 1 unspecified atom stereocenters. The molecular formula is C41H77FO7. The standard InChI is InChI=1S/C41H77FO7/c1-5-9-13-17-20-21-22-25-29-33-40(31-27-23-18-14-10-6-2,32-28-24-19-15-11-7-3)48-37(43)35-41(46,36-38(44)49-42)39(45)47-34-30-26-16-12-8-4/h46H,5-36H2,1-4H3. The maximum absolute atomic E-state index is 13.7. The summed E-state index contributed by atoms with van der Waals surface area (Å²) in [6.45, 7) is 8.79. The zero-order valence-corrected chi connectivity index (χ0v) is 32.4. The van der Waals surface area contributed by atoms with Crippen LogP contribution in [0.15, 0.2) is 0 Å². The molecule has 0 bridgehead atoms. The van der Waals surface area contributed by atoms with E-state index in [-0.39, 0.29) is 6.61 Å². The number of hydrogen-bond acceptors (Lipinski definition) is 7. The molecule has 0 aliphatic rings. The van der Waals surface area contributed by atoms with E-state index in [1.54, 1.807) is 0 Å². The number of esters is 2. The average molecular weight is 701 g/mol. The van der Waals surface area contributed by atoms with E-state index in [1.807, 2.05) is 0 Å². The fourth-order valence-electron chi connectivity index (χ4n) is 6.73. The minimum atomic E-state index is -2.56. The Morgan fingerprint density at radius 1 is 0.490 bits per heavy atom. The Morgan fingerprint density at radius 3 is 1.18 bits per heavy atom. The lowest BCUT2D eigenvalue weighted by molar-refractivity contribution is -0.197. The van der Waals surface area contributed by atoms with Gasteiger partial charge in [0.25, 0.3) is 0 Å². The van der Waals surface area contributed by atoms with Gasteiger partial charge in [-0.25, -0.2) is 9.59 Å². The molecule has 0 spiro atoms. The van der Waals surface area contributed by atoms with Crippen LogP contribution in [0.4, 0.5) is 4.53 Å². The Balaban J connectivity index is 5.78. The highest BCUT2D eigenvalue weighted by Crippen LogP contribution is 2.35. The van der Waals surface area contributed by atoms with Crippen molar-refractivity contribution in [2.45, 2.75) is 238 Å².